The number of thiazole rings is 1. The second kappa shape index (κ2) is 4.94. The van der Waals surface area contributed by atoms with Gasteiger partial charge in [-0.1, -0.05) is 11.3 Å². The molecule has 0 saturated heterocycles. The Hall–Kier alpha value is -0.620. The zero-order valence-electron chi connectivity index (χ0n) is 8.03. The van der Waals surface area contributed by atoms with Crippen LogP contribution in [0.1, 0.15) is 25.7 Å². The number of rotatable bonds is 2. The number of aromatic nitrogens is 1. The number of hydrogen-bond acceptors (Lipinski definition) is 4. The first-order valence-corrected chi connectivity index (χ1v) is 6.44. The van der Waals surface area contributed by atoms with Crippen LogP contribution in [-0.2, 0) is 4.74 Å². The Bertz CT molecular complexity index is 350. The minimum atomic E-state index is -0.399. The molecule has 1 amide bonds. The van der Waals surface area contributed by atoms with Gasteiger partial charge in [0, 0.05) is 0 Å². The summed E-state index contributed by atoms with van der Waals surface area (Å²) in [7, 11) is 0. The number of anilines is 1. The normalized spacial score (nSPS) is 16.6. The average molecular weight is 291 g/mol. The van der Waals surface area contributed by atoms with Crippen LogP contribution in [0.3, 0.4) is 0 Å². The van der Waals surface area contributed by atoms with E-state index in [-0.39, 0.29) is 6.10 Å². The highest BCUT2D eigenvalue weighted by molar-refractivity contribution is 9.11. The number of ether oxygens (including phenoxy) is 1. The number of nitrogens with one attached hydrogen (secondary N) is 1. The minimum Gasteiger partial charge on any atom is -0.446 e. The lowest BCUT2D eigenvalue weighted by atomic mass is 10.3. The van der Waals surface area contributed by atoms with Crippen molar-refractivity contribution >= 4 is 38.5 Å². The Labute approximate surface area is 100 Å². The Morgan fingerprint density at radius 1 is 1.60 bits per heavy atom. The second-order valence-corrected chi connectivity index (χ2v) is 5.82. The van der Waals surface area contributed by atoms with Crippen molar-refractivity contribution in [1.82, 2.24) is 4.98 Å². The Balaban J connectivity index is 1.81. The molecule has 1 aromatic heterocycles. The molecule has 1 aliphatic carbocycles. The van der Waals surface area contributed by atoms with E-state index in [1.165, 1.54) is 11.3 Å². The van der Waals surface area contributed by atoms with Gasteiger partial charge in [0.15, 0.2) is 5.13 Å². The van der Waals surface area contributed by atoms with Gasteiger partial charge in [0.05, 0.1) is 9.98 Å². The number of halogens is 1. The highest BCUT2D eigenvalue weighted by Gasteiger charge is 2.19. The molecule has 1 fully saturated rings. The minimum absolute atomic E-state index is 0.0911. The predicted octanol–water partition coefficient (Wildman–Crippen LogP) is 3.40. The molecule has 15 heavy (non-hydrogen) atoms. The van der Waals surface area contributed by atoms with Gasteiger partial charge in [-0.3, -0.25) is 5.32 Å². The quantitative estimate of drug-likeness (QED) is 0.908. The molecule has 0 aromatic carbocycles. The maximum atomic E-state index is 11.4. The van der Waals surface area contributed by atoms with Crippen molar-refractivity contribution in [2.45, 2.75) is 31.8 Å². The van der Waals surface area contributed by atoms with Crippen LogP contribution in [0.2, 0.25) is 0 Å². The molecule has 1 heterocycles. The third-order valence-electron chi connectivity index (χ3n) is 2.26. The number of nitrogens with zero attached hydrogens (tertiary/aromatic N) is 1. The van der Waals surface area contributed by atoms with Crippen LogP contribution in [-0.4, -0.2) is 17.2 Å². The van der Waals surface area contributed by atoms with Crippen LogP contribution in [0.15, 0.2) is 9.98 Å². The SMILES string of the molecule is O=C(Nc1ncc(Br)s1)OC1CCCC1. The van der Waals surface area contributed by atoms with Crippen molar-refractivity contribution in [3.8, 4) is 0 Å². The first kappa shape index (κ1) is 10.9. The van der Waals surface area contributed by atoms with Gasteiger partial charge >= 0.3 is 6.09 Å². The summed E-state index contributed by atoms with van der Waals surface area (Å²) in [6.07, 6.45) is 5.61. The maximum Gasteiger partial charge on any atom is 0.413 e. The van der Waals surface area contributed by atoms with Gasteiger partial charge in [0.1, 0.15) is 6.10 Å². The van der Waals surface area contributed by atoms with E-state index in [1.54, 1.807) is 6.20 Å². The van der Waals surface area contributed by atoms with Gasteiger partial charge in [-0.05, 0) is 41.6 Å². The summed E-state index contributed by atoms with van der Waals surface area (Å²) in [4.78, 5) is 15.4. The topological polar surface area (TPSA) is 51.2 Å². The van der Waals surface area contributed by atoms with E-state index in [4.69, 9.17) is 4.74 Å². The van der Waals surface area contributed by atoms with Gasteiger partial charge in [0.25, 0.3) is 0 Å². The summed E-state index contributed by atoms with van der Waals surface area (Å²) < 4.78 is 6.11. The highest BCUT2D eigenvalue weighted by Crippen LogP contribution is 2.24. The molecule has 0 bridgehead atoms. The number of hydrogen-bond donors (Lipinski definition) is 1. The van der Waals surface area contributed by atoms with E-state index < -0.39 is 6.09 Å². The van der Waals surface area contributed by atoms with Crippen LogP contribution in [0.25, 0.3) is 0 Å². The summed E-state index contributed by atoms with van der Waals surface area (Å²) in [5.41, 5.74) is 0. The predicted molar refractivity (Wildman–Crippen MR) is 62.2 cm³/mol. The van der Waals surface area contributed by atoms with Gasteiger partial charge in [-0.25, -0.2) is 9.78 Å². The standard InChI is InChI=1S/C9H11BrN2O2S/c10-7-5-11-8(15-7)12-9(13)14-6-3-1-2-4-6/h5-6H,1-4H2,(H,11,12,13). The molecule has 6 heteroatoms. The Kier molecular flexibility index (Phi) is 3.58. The lowest BCUT2D eigenvalue weighted by Gasteiger charge is -2.10. The fourth-order valence-electron chi connectivity index (χ4n) is 1.59. The van der Waals surface area contributed by atoms with Crippen LogP contribution in [0.4, 0.5) is 9.93 Å². The van der Waals surface area contributed by atoms with E-state index in [9.17, 15) is 4.79 Å². The smallest absolute Gasteiger partial charge is 0.413 e. The summed E-state index contributed by atoms with van der Waals surface area (Å²) in [6, 6.07) is 0. The van der Waals surface area contributed by atoms with Gasteiger partial charge in [0.2, 0.25) is 0 Å². The van der Waals surface area contributed by atoms with Crippen molar-refractivity contribution in [2.75, 3.05) is 5.32 Å². The van der Waals surface area contributed by atoms with Gasteiger partial charge in [-0.15, -0.1) is 0 Å². The van der Waals surface area contributed by atoms with Crippen LogP contribution >= 0.6 is 27.3 Å². The molecule has 0 aliphatic heterocycles. The highest BCUT2D eigenvalue weighted by atomic mass is 79.9. The molecule has 82 valence electrons. The third kappa shape index (κ3) is 3.17. The van der Waals surface area contributed by atoms with E-state index in [0.29, 0.717) is 5.13 Å². The molecular formula is C9H11BrN2O2S. The molecule has 2 rings (SSSR count). The molecule has 0 spiro atoms. The monoisotopic (exact) mass is 290 g/mol. The first-order valence-electron chi connectivity index (χ1n) is 4.83. The Morgan fingerprint density at radius 3 is 2.93 bits per heavy atom. The van der Waals surface area contributed by atoms with E-state index in [2.05, 4.69) is 26.2 Å². The van der Waals surface area contributed by atoms with E-state index >= 15 is 0 Å². The fraction of sp³-hybridized carbons (Fsp3) is 0.556. The molecule has 1 aromatic rings. The number of carbonyl (C=O) groups excluding carboxylic acids is 1. The molecule has 0 unspecified atom stereocenters. The maximum absolute atomic E-state index is 11.4. The largest absolute Gasteiger partial charge is 0.446 e. The van der Waals surface area contributed by atoms with Crippen molar-refractivity contribution in [3.63, 3.8) is 0 Å². The fourth-order valence-corrected chi connectivity index (χ4v) is 2.68. The Morgan fingerprint density at radius 2 is 2.33 bits per heavy atom. The van der Waals surface area contributed by atoms with E-state index in [0.717, 1.165) is 29.5 Å². The average Bonchev–Trinajstić information content (AvgIpc) is 2.77. The molecule has 4 nitrogen and oxygen atoms in total. The number of carbonyl (C=O) groups is 1. The molecule has 1 saturated carbocycles. The van der Waals surface area contributed by atoms with Gasteiger partial charge < -0.3 is 4.74 Å². The molecule has 1 aliphatic rings. The van der Waals surface area contributed by atoms with Crippen molar-refractivity contribution in [1.29, 1.82) is 0 Å². The first-order chi connectivity index (χ1) is 7.24. The lowest BCUT2D eigenvalue weighted by Crippen LogP contribution is -2.19. The molecule has 0 radical (unpaired) electrons. The van der Waals surface area contributed by atoms with Crippen molar-refractivity contribution < 1.29 is 9.53 Å². The van der Waals surface area contributed by atoms with Crippen molar-refractivity contribution in [3.05, 3.63) is 9.98 Å². The zero-order valence-corrected chi connectivity index (χ0v) is 10.4. The van der Waals surface area contributed by atoms with Crippen LogP contribution < -0.4 is 5.32 Å². The summed E-state index contributed by atoms with van der Waals surface area (Å²) in [5, 5.41) is 3.17. The zero-order chi connectivity index (χ0) is 10.7. The molecular weight excluding hydrogens is 280 g/mol. The summed E-state index contributed by atoms with van der Waals surface area (Å²) in [6.45, 7) is 0. The summed E-state index contributed by atoms with van der Waals surface area (Å²) in [5.74, 6) is 0. The summed E-state index contributed by atoms with van der Waals surface area (Å²) >= 11 is 4.64. The molecule has 0 atom stereocenters. The number of amides is 1. The van der Waals surface area contributed by atoms with Crippen LogP contribution in [0, 0.1) is 0 Å². The van der Waals surface area contributed by atoms with Crippen molar-refractivity contribution in [2.24, 2.45) is 0 Å². The second-order valence-electron chi connectivity index (χ2n) is 3.41. The van der Waals surface area contributed by atoms with E-state index in [1.807, 2.05) is 0 Å². The third-order valence-corrected chi connectivity index (χ3v) is 3.65. The molecule has 1 N–H and O–H groups in total. The van der Waals surface area contributed by atoms with Crippen LogP contribution in [0.5, 0.6) is 0 Å². The van der Waals surface area contributed by atoms with Gasteiger partial charge in [-0.2, -0.15) is 0 Å². The lowest BCUT2D eigenvalue weighted by molar-refractivity contribution is 0.114.